The molecular weight excluding hydrogens is 445 g/mol. The predicted octanol–water partition coefficient (Wildman–Crippen LogP) is 2.81. The summed E-state index contributed by atoms with van der Waals surface area (Å²) >= 11 is 12.2. The van der Waals surface area contributed by atoms with Crippen LogP contribution in [0, 0.1) is 6.92 Å². The number of nitrogen functional groups attached to an aromatic ring is 1. The standard InChI is InChI=1S/C20H25Cl2N5O4/c1-4-31-20(29)11-7-15(24-8-12(11)23)27-6-5-13(14(9-27)30-3)26-19(28)18-17(22)16(21)10(2)25-18/h7-8,13-14,25H,4-6,9,23H2,1-3H3,(H,26,28)/t13-,14+/m1/s1. The molecule has 31 heavy (non-hydrogen) atoms. The zero-order chi connectivity index (χ0) is 22.7. The molecule has 2 aromatic rings. The summed E-state index contributed by atoms with van der Waals surface area (Å²) in [7, 11) is 1.58. The number of rotatable bonds is 6. The van der Waals surface area contributed by atoms with Gasteiger partial charge in [0, 0.05) is 25.9 Å². The number of H-pyrrole nitrogens is 1. The monoisotopic (exact) mass is 469 g/mol. The highest BCUT2D eigenvalue weighted by molar-refractivity contribution is 6.44. The SMILES string of the molecule is CCOC(=O)c1cc(N2CC[C@@H](NC(=O)c3[nH]c(C)c(Cl)c3Cl)[C@@H](OC)C2)ncc1N. The average molecular weight is 470 g/mol. The number of aromatic nitrogens is 2. The number of nitrogens with zero attached hydrogens (tertiary/aromatic N) is 2. The number of pyridine rings is 1. The lowest BCUT2D eigenvalue weighted by Crippen LogP contribution is -2.55. The number of methoxy groups -OCH3 is 1. The number of carbonyl (C=O) groups is 2. The highest BCUT2D eigenvalue weighted by Crippen LogP contribution is 2.29. The van der Waals surface area contributed by atoms with Gasteiger partial charge < -0.3 is 30.4 Å². The van der Waals surface area contributed by atoms with Gasteiger partial charge in [-0.25, -0.2) is 9.78 Å². The molecule has 11 heteroatoms. The number of nitrogens with one attached hydrogen (secondary N) is 2. The molecule has 3 heterocycles. The van der Waals surface area contributed by atoms with Gasteiger partial charge in [0.25, 0.3) is 5.91 Å². The Hall–Kier alpha value is -2.49. The molecule has 0 spiro atoms. The molecule has 2 aromatic heterocycles. The van der Waals surface area contributed by atoms with Crippen LogP contribution in [0.4, 0.5) is 11.5 Å². The maximum atomic E-state index is 12.7. The van der Waals surface area contributed by atoms with Gasteiger partial charge >= 0.3 is 5.97 Å². The molecule has 2 atom stereocenters. The number of esters is 1. The minimum atomic E-state index is -0.495. The van der Waals surface area contributed by atoms with E-state index in [4.69, 9.17) is 38.4 Å². The minimum absolute atomic E-state index is 0.195. The lowest BCUT2D eigenvalue weighted by molar-refractivity contribution is 0.0523. The van der Waals surface area contributed by atoms with E-state index in [0.29, 0.717) is 36.0 Å². The van der Waals surface area contributed by atoms with Crippen molar-refractivity contribution >= 4 is 46.6 Å². The first-order valence-corrected chi connectivity index (χ1v) is 10.6. The van der Waals surface area contributed by atoms with Crippen LogP contribution in [-0.4, -0.2) is 60.8 Å². The van der Waals surface area contributed by atoms with Gasteiger partial charge in [0.2, 0.25) is 0 Å². The third-order valence-corrected chi connectivity index (χ3v) is 6.15. The zero-order valence-corrected chi connectivity index (χ0v) is 19.0. The van der Waals surface area contributed by atoms with Crippen molar-refractivity contribution in [3.63, 3.8) is 0 Å². The van der Waals surface area contributed by atoms with Crippen LogP contribution in [0.15, 0.2) is 12.3 Å². The quantitative estimate of drug-likeness (QED) is 0.555. The van der Waals surface area contributed by atoms with E-state index in [1.54, 1.807) is 27.0 Å². The van der Waals surface area contributed by atoms with E-state index >= 15 is 0 Å². The first-order chi connectivity index (χ1) is 14.8. The molecular formula is C20H25Cl2N5O4. The fraction of sp³-hybridized carbons (Fsp3) is 0.450. The van der Waals surface area contributed by atoms with Crippen LogP contribution < -0.4 is 16.0 Å². The molecule has 0 unspecified atom stereocenters. The van der Waals surface area contributed by atoms with Gasteiger partial charge in [-0.1, -0.05) is 23.2 Å². The summed E-state index contributed by atoms with van der Waals surface area (Å²) in [6.45, 7) is 4.77. The van der Waals surface area contributed by atoms with Crippen molar-refractivity contribution in [2.45, 2.75) is 32.4 Å². The number of anilines is 2. The fourth-order valence-corrected chi connectivity index (χ4v) is 3.93. The molecule has 0 aliphatic carbocycles. The number of aryl methyl sites for hydroxylation is 1. The molecule has 0 radical (unpaired) electrons. The zero-order valence-electron chi connectivity index (χ0n) is 17.5. The van der Waals surface area contributed by atoms with Crippen LogP contribution in [0.2, 0.25) is 10.0 Å². The average Bonchev–Trinajstić information content (AvgIpc) is 3.02. The molecule has 4 N–H and O–H groups in total. The number of aromatic amines is 1. The summed E-state index contributed by atoms with van der Waals surface area (Å²) in [6.07, 6.45) is 1.72. The molecule has 1 saturated heterocycles. The Kier molecular flexibility index (Phi) is 7.30. The van der Waals surface area contributed by atoms with Gasteiger partial charge in [-0.2, -0.15) is 0 Å². The number of amides is 1. The second-order valence-electron chi connectivity index (χ2n) is 7.19. The highest BCUT2D eigenvalue weighted by Gasteiger charge is 2.32. The molecule has 1 fully saturated rings. The smallest absolute Gasteiger partial charge is 0.340 e. The lowest BCUT2D eigenvalue weighted by Gasteiger charge is -2.38. The van der Waals surface area contributed by atoms with Gasteiger partial charge in [-0.3, -0.25) is 4.79 Å². The summed E-state index contributed by atoms with van der Waals surface area (Å²) in [5, 5.41) is 3.49. The fourth-order valence-electron chi connectivity index (χ4n) is 3.51. The summed E-state index contributed by atoms with van der Waals surface area (Å²) < 4.78 is 10.7. The normalized spacial score (nSPS) is 18.7. The van der Waals surface area contributed by atoms with Crippen LogP contribution in [0.1, 0.15) is 39.9 Å². The number of piperidine rings is 1. The lowest BCUT2D eigenvalue weighted by atomic mass is 10.0. The summed E-state index contributed by atoms with van der Waals surface area (Å²) in [5.41, 5.74) is 7.26. The molecule has 1 aliphatic heterocycles. The van der Waals surface area contributed by atoms with Gasteiger partial charge in [0.1, 0.15) is 11.5 Å². The number of nitrogens with two attached hydrogens (primary N) is 1. The number of hydrogen-bond donors (Lipinski definition) is 3. The van der Waals surface area contributed by atoms with E-state index in [0.717, 1.165) is 0 Å². The topological polar surface area (TPSA) is 123 Å². The van der Waals surface area contributed by atoms with Gasteiger partial charge in [0.05, 0.1) is 46.2 Å². The van der Waals surface area contributed by atoms with Crippen molar-refractivity contribution in [3.8, 4) is 0 Å². The molecule has 1 aliphatic rings. The molecule has 168 valence electrons. The molecule has 3 rings (SSSR count). The van der Waals surface area contributed by atoms with Crippen molar-refractivity contribution in [2.75, 3.05) is 37.4 Å². The van der Waals surface area contributed by atoms with Crippen LogP contribution in [0.25, 0.3) is 0 Å². The number of ether oxygens (including phenoxy) is 2. The van der Waals surface area contributed by atoms with Crippen LogP contribution in [-0.2, 0) is 9.47 Å². The summed E-state index contributed by atoms with van der Waals surface area (Å²) in [5.74, 6) is -0.263. The molecule has 1 amide bonds. The number of hydrogen-bond acceptors (Lipinski definition) is 7. The minimum Gasteiger partial charge on any atom is -0.462 e. The third kappa shape index (κ3) is 4.89. The van der Waals surface area contributed by atoms with Crippen LogP contribution in [0.3, 0.4) is 0 Å². The Bertz CT molecular complexity index is 981. The molecule has 0 aromatic carbocycles. The predicted molar refractivity (Wildman–Crippen MR) is 119 cm³/mol. The van der Waals surface area contributed by atoms with Gasteiger partial charge in [0.15, 0.2) is 0 Å². The van der Waals surface area contributed by atoms with Crippen molar-refractivity contribution in [2.24, 2.45) is 0 Å². The Morgan fingerprint density at radius 2 is 2.13 bits per heavy atom. The van der Waals surface area contributed by atoms with Crippen molar-refractivity contribution in [1.29, 1.82) is 0 Å². The maximum Gasteiger partial charge on any atom is 0.340 e. The van der Waals surface area contributed by atoms with Crippen LogP contribution in [0.5, 0.6) is 0 Å². The molecule has 0 bridgehead atoms. The number of carbonyl (C=O) groups excluding carboxylic acids is 2. The second-order valence-corrected chi connectivity index (χ2v) is 7.95. The van der Waals surface area contributed by atoms with E-state index in [2.05, 4.69) is 15.3 Å². The van der Waals surface area contributed by atoms with E-state index in [-0.39, 0.29) is 46.6 Å². The summed E-state index contributed by atoms with van der Waals surface area (Å²) in [4.78, 5) is 34.1. The van der Waals surface area contributed by atoms with E-state index in [1.807, 2.05) is 4.90 Å². The molecule has 0 saturated carbocycles. The first-order valence-electron chi connectivity index (χ1n) is 9.81. The Balaban J connectivity index is 1.72. The first kappa shape index (κ1) is 23.2. The Labute approximate surface area is 190 Å². The van der Waals surface area contributed by atoms with E-state index in [1.165, 1.54) is 6.20 Å². The van der Waals surface area contributed by atoms with E-state index < -0.39 is 5.97 Å². The van der Waals surface area contributed by atoms with E-state index in [9.17, 15) is 9.59 Å². The highest BCUT2D eigenvalue weighted by atomic mass is 35.5. The van der Waals surface area contributed by atoms with Gasteiger partial charge in [-0.05, 0) is 26.3 Å². The second kappa shape index (κ2) is 9.76. The van der Waals surface area contributed by atoms with Crippen LogP contribution >= 0.6 is 23.2 Å². The van der Waals surface area contributed by atoms with Crippen molar-refractivity contribution in [1.82, 2.24) is 15.3 Å². The van der Waals surface area contributed by atoms with Crippen molar-refractivity contribution < 1.29 is 19.1 Å². The largest absolute Gasteiger partial charge is 0.462 e. The van der Waals surface area contributed by atoms with Crippen molar-refractivity contribution in [3.05, 3.63) is 39.3 Å². The molecule has 9 nitrogen and oxygen atoms in total. The number of halogens is 2. The Morgan fingerprint density at radius 1 is 1.39 bits per heavy atom. The van der Waals surface area contributed by atoms with Gasteiger partial charge in [-0.15, -0.1) is 0 Å². The maximum absolute atomic E-state index is 12.7. The Morgan fingerprint density at radius 3 is 2.74 bits per heavy atom. The summed E-state index contributed by atoms with van der Waals surface area (Å²) in [6, 6.07) is 1.37. The third-order valence-electron chi connectivity index (χ3n) is 5.20.